The van der Waals surface area contributed by atoms with Crippen molar-refractivity contribution in [3.05, 3.63) is 35.7 Å². The second-order valence-electron chi connectivity index (χ2n) is 3.49. The van der Waals surface area contributed by atoms with E-state index in [0.29, 0.717) is 17.3 Å². The van der Waals surface area contributed by atoms with Gasteiger partial charge in [-0.05, 0) is 18.6 Å². The first-order valence-corrected chi connectivity index (χ1v) is 5.21. The SMILES string of the molecule is CCCc1nnc(-c2cccc(C=O)c2)o1. The molecule has 1 aromatic carbocycles. The van der Waals surface area contributed by atoms with E-state index in [1.165, 1.54) is 0 Å². The fraction of sp³-hybridized carbons (Fsp3) is 0.250. The van der Waals surface area contributed by atoms with Crippen molar-refractivity contribution >= 4 is 6.29 Å². The molecule has 0 amide bonds. The third-order valence-electron chi connectivity index (χ3n) is 2.20. The Kier molecular flexibility index (Phi) is 3.10. The average molecular weight is 216 g/mol. The van der Waals surface area contributed by atoms with Crippen LogP contribution in [0.3, 0.4) is 0 Å². The predicted octanol–water partition coefficient (Wildman–Crippen LogP) is 2.50. The summed E-state index contributed by atoms with van der Waals surface area (Å²) in [6.07, 6.45) is 2.54. The van der Waals surface area contributed by atoms with Gasteiger partial charge in [0.15, 0.2) is 0 Å². The van der Waals surface area contributed by atoms with Gasteiger partial charge in [0, 0.05) is 17.5 Å². The van der Waals surface area contributed by atoms with Crippen LogP contribution in [0, 0.1) is 0 Å². The maximum absolute atomic E-state index is 10.6. The molecule has 1 aromatic heterocycles. The number of hydrogen-bond donors (Lipinski definition) is 0. The molecule has 0 atom stereocenters. The molecule has 1 heterocycles. The first-order chi connectivity index (χ1) is 7.83. The van der Waals surface area contributed by atoms with Gasteiger partial charge >= 0.3 is 0 Å². The lowest BCUT2D eigenvalue weighted by Crippen LogP contribution is -1.82. The molecule has 82 valence electrons. The monoisotopic (exact) mass is 216 g/mol. The van der Waals surface area contributed by atoms with Crippen LogP contribution in [-0.2, 0) is 6.42 Å². The summed E-state index contributed by atoms with van der Waals surface area (Å²) in [5, 5.41) is 7.88. The molecule has 0 aliphatic heterocycles. The van der Waals surface area contributed by atoms with Gasteiger partial charge in [0.1, 0.15) is 6.29 Å². The zero-order valence-corrected chi connectivity index (χ0v) is 9.01. The van der Waals surface area contributed by atoms with Gasteiger partial charge in [0.05, 0.1) is 0 Å². The Hall–Kier alpha value is -1.97. The quantitative estimate of drug-likeness (QED) is 0.737. The van der Waals surface area contributed by atoms with Crippen molar-refractivity contribution in [1.82, 2.24) is 10.2 Å². The van der Waals surface area contributed by atoms with Crippen LogP contribution in [-0.4, -0.2) is 16.5 Å². The Labute approximate surface area is 93.3 Å². The fourth-order valence-electron chi connectivity index (χ4n) is 1.43. The van der Waals surface area contributed by atoms with Crippen LogP contribution < -0.4 is 0 Å². The third-order valence-corrected chi connectivity index (χ3v) is 2.20. The summed E-state index contributed by atoms with van der Waals surface area (Å²) in [5.41, 5.74) is 1.38. The van der Waals surface area contributed by atoms with Crippen molar-refractivity contribution in [3.8, 4) is 11.5 Å². The summed E-state index contributed by atoms with van der Waals surface area (Å²) >= 11 is 0. The number of aldehydes is 1. The summed E-state index contributed by atoms with van der Waals surface area (Å²) < 4.78 is 5.47. The summed E-state index contributed by atoms with van der Waals surface area (Å²) in [7, 11) is 0. The standard InChI is InChI=1S/C12H12N2O2/c1-2-4-11-13-14-12(16-11)10-6-3-5-9(7-10)8-15/h3,5-8H,2,4H2,1H3. The molecule has 2 aromatic rings. The number of carbonyl (C=O) groups excluding carboxylic acids is 1. The number of carbonyl (C=O) groups is 1. The van der Waals surface area contributed by atoms with E-state index in [9.17, 15) is 4.79 Å². The highest BCUT2D eigenvalue weighted by Crippen LogP contribution is 2.18. The van der Waals surface area contributed by atoms with Crippen LogP contribution in [0.5, 0.6) is 0 Å². The first-order valence-electron chi connectivity index (χ1n) is 5.21. The first kappa shape index (κ1) is 10.5. The van der Waals surface area contributed by atoms with E-state index in [0.717, 1.165) is 24.7 Å². The maximum atomic E-state index is 10.6. The smallest absolute Gasteiger partial charge is 0.247 e. The maximum Gasteiger partial charge on any atom is 0.247 e. The molecule has 0 spiro atoms. The Morgan fingerprint density at radius 1 is 1.38 bits per heavy atom. The number of aryl methyl sites for hydroxylation is 1. The molecule has 0 bridgehead atoms. The molecular weight excluding hydrogens is 204 g/mol. The van der Waals surface area contributed by atoms with Crippen molar-refractivity contribution in [1.29, 1.82) is 0 Å². The number of hydrogen-bond acceptors (Lipinski definition) is 4. The van der Waals surface area contributed by atoms with Crippen molar-refractivity contribution in [2.24, 2.45) is 0 Å². The molecule has 0 radical (unpaired) electrons. The lowest BCUT2D eigenvalue weighted by atomic mass is 10.1. The molecule has 4 heteroatoms. The van der Waals surface area contributed by atoms with E-state index in [1.54, 1.807) is 18.2 Å². The zero-order chi connectivity index (χ0) is 11.4. The number of benzene rings is 1. The lowest BCUT2D eigenvalue weighted by Gasteiger charge is -1.95. The van der Waals surface area contributed by atoms with Crippen molar-refractivity contribution in [2.75, 3.05) is 0 Å². The van der Waals surface area contributed by atoms with Crippen molar-refractivity contribution < 1.29 is 9.21 Å². The minimum absolute atomic E-state index is 0.465. The molecule has 0 fully saturated rings. The largest absolute Gasteiger partial charge is 0.421 e. The molecular formula is C12H12N2O2. The lowest BCUT2D eigenvalue weighted by molar-refractivity contribution is 0.112. The summed E-state index contributed by atoms with van der Waals surface area (Å²) in [4.78, 5) is 10.6. The van der Waals surface area contributed by atoms with E-state index in [4.69, 9.17) is 4.42 Å². The Balaban J connectivity index is 2.30. The minimum Gasteiger partial charge on any atom is -0.421 e. The second-order valence-corrected chi connectivity index (χ2v) is 3.49. The molecule has 0 unspecified atom stereocenters. The molecule has 0 aliphatic rings. The summed E-state index contributed by atoms with van der Waals surface area (Å²) in [5.74, 6) is 1.10. The Bertz CT molecular complexity index is 491. The highest BCUT2D eigenvalue weighted by atomic mass is 16.4. The van der Waals surface area contributed by atoms with Crippen LogP contribution in [0.2, 0.25) is 0 Å². The van der Waals surface area contributed by atoms with Gasteiger partial charge in [-0.3, -0.25) is 4.79 Å². The van der Waals surface area contributed by atoms with E-state index in [1.807, 2.05) is 6.07 Å². The highest BCUT2D eigenvalue weighted by Gasteiger charge is 2.07. The average Bonchev–Trinajstić information content (AvgIpc) is 2.78. The predicted molar refractivity (Wildman–Crippen MR) is 59.1 cm³/mol. The van der Waals surface area contributed by atoms with Crippen molar-refractivity contribution in [3.63, 3.8) is 0 Å². The van der Waals surface area contributed by atoms with E-state index < -0.39 is 0 Å². The number of aromatic nitrogens is 2. The third kappa shape index (κ3) is 2.16. The van der Waals surface area contributed by atoms with E-state index in [2.05, 4.69) is 17.1 Å². The van der Waals surface area contributed by atoms with E-state index in [-0.39, 0.29) is 0 Å². The molecule has 0 aliphatic carbocycles. The number of rotatable bonds is 4. The zero-order valence-electron chi connectivity index (χ0n) is 9.01. The Morgan fingerprint density at radius 2 is 2.25 bits per heavy atom. The van der Waals surface area contributed by atoms with Gasteiger partial charge in [-0.15, -0.1) is 10.2 Å². The van der Waals surface area contributed by atoms with Crippen LogP contribution >= 0.6 is 0 Å². The summed E-state index contributed by atoms with van der Waals surface area (Å²) in [6.45, 7) is 2.05. The molecule has 4 nitrogen and oxygen atoms in total. The summed E-state index contributed by atoms with van der Waals surface area (Å²) in [6, 6.07) is 7.11. The van der Waals surface area contributed by atoms with Crippen LogP contribution in [0.1, 0.15) is 29.6 Å². The molecule has 2 rings (SSSR count). The second kappa shape index (κ2) is 4.70. The van der Waals surface area contributed by atoms with Gasteiger partial charge in [-0.25, -0.2) is 0 Å². The van der Waals surface area contributed by atoms with E-state index >= 15 is 0 Å². The highest BCUT2D eigenvalue weighted by molar-refractivity contribution is 5.77. The molecule has 0 N–H and O–H groups in total. The van der Waals surface area contributed by atoms with Crippen molar-refractivity contribution in [2.45, 2.75) is 19.8 Å². The molecule has 16 heavy (non-hydrogen) atoms. The fourth-order valence-corrected chi connectivity index (χ4v) is 1.43. The molecule has 0 saturated carbocycles. The van der Waals surface area contributed by atoms with Crippen LogP contribution in [0.4, 0.5) is 0 Å². The van der Waals surface area contributed by atoms with Crippen LogP contribution in [0.25, 0.3) is 11.5 Å². The van der Waals surface area contributed by atoms with Gasteiger partial charge in [0.25, 0.3) is 0 Å². The van der Waals surface area contributed by atoms with Gasteiger partial charge in [-0.2, -0.15) is 0 Å². The normalized spacial score (nSPS) is 10.3. The van der Waals surface area contributed by atoms with Gasteiger partial charge in [0.2, 0.25) is 11.8 Å². The topological polar surface area (TPSA) is 56.0 Å². The van der Waals surface area contributed by atoms with Crippen LogP contribution in [0.15, 0.2) is 28.7 Å². The number of nitrogens with zero attached hydrogens (tertiary/aromatic N) is 2. The van der Waals surface area contributed by atoms with Gasteiger partial charge in [-0.1, -0.05) is 19.1 Å². The molecule has 0 saturated heterocycles. The minimum atomic E-state index is 0.465. The Morgan fingerprint density at radius 3 is 3.00 bits per heavy atom. The van der Waals surface area contributed by atoms with Gasteiger partial charge < -0.3 is 4.42 Å².